The number of carbonyl (C=O) groups excluding carboxylic acids is 1. The number of methoxy groups -OCH3 is 1. The number of anilines is 1. The molecule has 2 saturated heterocycles. The van der Waals surface area contributed by atoms with Crippen molar-refractivity contribution in [2.45, 2.75) is 44.2 Å². The maximum Gasteiger partial charge on any atom is 0.224 e. The van der Waals surface area contributed by atoms with Crippen LogP contribution >= 0.6 is 15.9 Å². The number of nitrogens with one attached hydrogen (secondary N) is 2. The average Bonchev–Trinajstić information content (AvgIpc) is 2.80. The van der Waals surface area contributed by atoms with E-state index < -0.39 is 0 Å². The van der Waals surface area contributed by atoms with E-state index in [1.807, 2.05) is 18.2 Å². The van der Waals surface area contributed by atoms with Gasteiger partial charge in [0.2, 0.25) is 5.91 Å². The molecule has 0 saturated carbocycles. The first-order valence-corrected chi connectivity index (χ1v) is 8.33. The molecule has 4 nitrogen and oxygen atoms in total. The van der Waals surface area contributed by atoms with Gasteiger partial charge in [0.1, 0.15) is 5.75 Å². The van der Waals surface area contributed by atoms with Gasteiger partial charge in [-0.05, 0) is 59.7 Å². The molecule has 2 aliphatic rings. The standard InChI is InChI=1S/C16H21BrN2O2/c1-21-15-9-13(4-5-14(15)17)19-16(20)8-10-6-11-2-3-12(7-10)18-11/h4-5,9-12,18H,2-3,6-8H2,1H3,(H,19,20). The molecule has 5 heteroatoms. The maximum absolute atomic E-state index is 12.2. The van der Waals surface area contributed by atoms with Gasteiger partial charge in [0.25, 0.3) is 0 Å². The molecule has 2 unspecified atom stereocenters. The van der Waals surface area contributed by atoms with Crippen molar-refractivity contribution >= 4 is 27.5 Å². The molecule has 0 spiro atoms. The van der Waals surface area contributed by atoms with E-state index >= 15 is 0 Å². The van der Waals surface area contributed by atoms with Crippen molar-refractivity contribution in [3.05, 3.63) is 22.7 Å². The van der Waals surface area contributed by atoms with Gasteiger partial charge in [-0.2, -0.15) is 0 Å². The van der Waals surface area contributed by atoms with Gasteiger partial charge in [-0.25, -0.2) is 0 Å². The monoisotopic (exact) mass is 352 g/mol. The Balaban J connectivity index is 1.56. The van der Waals surface area contributed by atoms with Crippen LogP contribution < -0.4 is 15.4 Å². The number of carbonyl (C=O) groups is 1. The summed E-state index contributed by atoms with van der Waals surface area (Å²) in [6, 6.07) is 6.88. The number of ether oxygens (including phenoxy) is 1. The maximum atomic E-state index is 12.2. The van der Waals surface area contributed by atoms with Gasteiger partial charge < -0.3 is 15.4 Å². The van der Waals surface area contributed by atoms with E-state index in [4.69, 9.17) is 4.74 Å². The number of rotatable bonds is 4. The minimum absolute atomic E-state index is 0.102. The Kier molecular flexibility index (Phi) is 4.50. The zero-order chi connectivity index (χ0) is 14.8. The SMILES string of the molecule is COc1cc(NC(=O)CC2CC3CCC(C2)N3)ccc1Br. The Hall–Kier alpha value is -1.07. The molecule has 1 amide bonds. The lowest BCUT2D eigenvalue weighted by Crippen LogP contribution is -2.39. The number of hydrogen-bond acceptors (Lipinski definition) is 3. The van der Waals surface area contributed by atoms with E-state index in [1.54, 1.807) is 7.11 Å². The topological polar surface area (TPSA) is 50.4 Å². The summed E-state index contributed by atoms with van der Waals surface area (Å²) in [6.45, 7) is 0. The molecule has 1 aromatic carbocycles. The molecular formula is C16H21BrN2O2. The van der Waals surface area contributed by atoms with Crippen LogP contribution in [-0.2, 0) is 4.79 Å². The average molecular weight is 353 g/mol. The Bertz CT molecular complexity index is 523. The van der Waals surface area contributed by atoms with Crippen molar-refractivity contribution in [2.75, 3.05) is 12.4 Å². The second-order valence-electron chi connectivity index (χ2n) is 6.08. The Labute approximate surface area is 133 Å². The Morgan fingerprint density at radius 3 is 2.76 bits per heavy atom. The molecule has 2 heterocycles. The summed E-state index contributed by atoms with van der Waals surface area (Å²) in [5, 5.41) is 6.59. The molecule has 1 aromatic rings. The second kappa shape index (κ2) is 6.36. The quantitative estimate of drug-likeness (QED) is 0.873. The van der Waals surface area contributed by atoms with Gasteiger partial charge in [0.05, 0.1) is 11.6 Å². The van der Waals surface area contributed by atoms with E-state index in [0.717, 1.165) is 28.8 Å². The molecule has 2 fully saturated rings. The van der Waals surface area contributed by atoms with Crippen LogP contribution in [0.3, 0.4) is 0 Å². The Morgan fingerprint density at radius 1 is 1.38 bits per heavy atom. The minimum atomic E-state index is 0.102. The summed E-state index contributed by atoms with van der Waals surface area (Å²) >= 11 is 3.41. The van der Waals surface area contributed by atoms with Crippen molar-refractivity contribution in [2.24, 2.45) is 5.92 Å². The number of hydrogen-bond donors (Lipinski definition) is 2. The van der Waals surface area contributed by atoms with Crippen LogP contribution in [0.25, 0.3) is 0 Å². The minimum Gasteiger partial charge on any atom is -0.495 e. The van der Waals surface area contributed by atoms with Gasteiger partial charge in [-0.15, -0.1) is 0 Å². The highest BCUT2D eigenvalue weighted by molar-refractivity contribution is 9.10. The molecule has 114 valence electrons. The predicted octanol–water partition coefficient (Wildman–Crippen LogP) is 3.32. The van der Waals surface area contributed by atoms with Gasteiger partial charge in [0.15, 0.2) is 0 Å². The molecule has 2 bridgehead atoms. The largest absolute Gasteiger partial charge is 0.495 e. The van der Waals surface area contributed by atoms with Gasteiger partial charge >= 0.3 is 0 Å². The van der Waals surface area contributed by atoms with Crippen molar-refractivity contribution < 1.29 is 9.53 Å². The zero-order valence-electron chi connectivity index (χ0n) is 12.2. The predicted molar refractivity (Wildman–Crippen MR) is 86.6 cm³/mol. The lowest BCUT2D eigenvalue weighted by atomic mass is 9.89. The van der Waals surface area contributed by atoms with Crippen molar-refractivity contribution in [3.63, 3.8) is 0 Å². The summed E-state index contributed by atoms with van der Waals surface area (Å²) in [7, 11) is 1.62. The third kappa shape index (κ3) is 3.58. The zero-order valence-corrected chi connectivity index (χ0v) is 13.8. The van der Waals surface area contributed by atoms with Gasteiger partial charge in [-0.3, -0.25) is 4.79 Å². The number of amides is 1. The van der Waals surface area contributed by atoms with E-state index in [2.05, 4.69) is 26.6 Å². The Morgan fingerprint density at radius 2 is 2.10 bits per heavy atom. The summed E-state index contributed by atoms with van der Waals surface area (Å²) in [6.07, 6.45) is 5.42. The fourth-order valence-electron chi connectivity index (χ4n) is 3.55. The molecule has 21 heavy (non-hydrogen) atoms. The number of fused-ring (bicyclic) bond motifs is 2. The lowest BCUT2D eigenvalue weighted by molar-refractivity contribution is -0.117. The highest BCUT2D eigenvalue weighted by Gasteiger charge is 2.34. The smallest absolute Gasteiger partial charge is 0.224 e. The number of piperidine rings is 1. The van der Waals surface area contributed by atoms with Crippen LogP contribution in [0.15, 0.2) is 22.7 Å². The summed E-state index contributed by atoms with van der Waals surface area (Å²) < 4.78 is 6.13. The van der Waals surface area contributed by atoms with Gasteiger partial charge in [0, 0.05) is 30.3 Å². The third-order valence-electron chi connectivity index (χ3n) is 4.48. The normalized spacial score (nSPS) is 27.4. The van der Waals surface area contributed by atoms with E-state index in [-0.39, 0.29) is 5.91 Å². The van der Waals surface area contributed by atoms with E-state index in [0.29, 0.717) is 24.4 Å². The van der Waals surface area contributed by atoms with Crippen molar-refractivity contribution in [1.82, 2.24) is 5.32 Å². The van der Waals surface area contributed by atoms with Crippen LogP contribution in [0.1, 0.15) is 32.1 Å². The first-order chi connectivity index (χ1) is 10.1. The second-order valence-corrected chi connectivity index (χ2v) is 6.93. The molecular weight excluding hydrogens is 332 g/mol. The fraction of sp³-hybridized carbons (Fsp3) is 0.562. The van der Waals surface area contributed by atoms with Crippen LogP contribution in [0.4, 0.5) is 5.69 Å². The highest BCUT2D eigenvalue weighted by Crippen LogP contribution is 2.33. The van der Waals surface area contributed by atoms with E-state index in [1.165, 1.54) is 12.8 Å². The molecule has 3 rings (SSSR count). The molecule has 2 N–H and O–H groups in total. The van der Waals surface area contributed by atoms with Crippen LogP contribution in [0.2, 0.25) is 0 Å². The molecule has 2 atom stereocenters. The summed E-state index contributed by atoms with van der Waals surface area (Å²) in [5.41, 5.74) is 0.789. The lowest BCUT2D eigenvalue weighted by Gasteiger charge is -2.28. The van der Waals surface area contributed by atoms with Crippen molar-refractivity contribution in [3.8, 4) is 5.75 Å². The third-order valence-corrected chi connectivity index (χ3v) is 5.13. The molecule has 0 radical (unpaired) electrons. The number of benzene rings is 1. The first kappa shape index (κ1) is 14.9. The molecule has 0 aliphatic carbocycles. The van der Waals surface area contributed by atoms with Crippen LogP contribution in [-0.4, -0.2) is 25.1 Å². The van der Waals surface area contributed by atoms with Gasteiger partial charge in [-0.1, -0.05) is 0 Å². The van der Waals surface area contributed by atoms with E-state index in [9.17, 15) is 4.79 Å². The first-order valence-electron chi connectivity index (χ1n) is 7.53. The molecule has 0 aromatic heterocycles. The summed E-state index contributed by atoms with van der Waals surface area (Å²) in [4.78, 5) is 12.2. The summed E-state index contributed by atoms with van der Waals surface area (Å²) in [5.74, 6) is 1.35. The highest BCUT2D eigenvalue weighted by atomic mass is 79.9. The number of halogens is 1. The van der Waals surface area contributed by atoms with Crippen LogP contribution in [0, 0.1) is 5.92 Å². The van der Waals surface area contributed by atoms with Crippen LogP contribution in [0.5, 0.6) is 5.75 Å². The van der Waals surface area contributed by atoms with Crippen molar-refractivity contribution in [1.29, 1.82) is 0 Å². The molecule has 2 aliphatic heterocycles. The fourth-order valence-corrected chi connectivity index (χ4v) is 3.96.